The van der Waals surface area contributed by atoms with E-state index >= 15 is 0 Å². The fourth-order valence-corrected chi connectivity index (χ4v) is 2.14. The summed E-state index contributed by atoms with van der Waals surface area (Å²) in [5.74, 6) is -0.535. The maximum absolute atomic E-state index is 11.7. The Kier molecular flexibility index (Phi) is 4.42. The number of furan rings is 1. The molecule has 0 unspecified atom stereocenters. The molecule has 1 fully saturated rings. The standard InChI is InChI=1S/C14H18N2O5/c1-14(20,7-10-3-2-6-21-10)9-15-11(17)8-16-12(18)4-5-13(16)19/h2-3,6,20H,4-5,7-9H2,1H3,(H,15,17)/t14-/m0/s1. The Balaban J connectivity index is 1.80. The van der Waals surface area contributed by atoms with E-state index in [1.807, 2.05) is 0 Å². The molecule has 0 bridgehead atoms. The van der Waals surface area contributed by atoms with Gasteiger partial charge in [0.15, 0.2) is 0 Å². The third-order valence-corrected chi connectivity index (χ3v) is 3.26. The molecule has 1 aromatic rings. The van der Waals surface area contributed by atoms with Crippen LogP contribution in [0, 0.1) is 0 Å². The maximum Gasteiger partial charge on any atom is 0.240 e. The predicted octanol–water partition coefficient (Wildman–Crippen LogP) is -0.162. The van der Waals surface area contributed by atoms with Crippen molar-refractivity contribution in [2.24, 2.45) is 0 Å². The number of carbonyl (C=O) groups is 3. The van der Waals surface area contributed by atoms with Gasteiger partial charge in [0, 0.05) is 25.8 Å². The van der Waals surface area contributed by atoms with Crippen molar-refractivity contribution >= 4 is 17.7 Å². The highest BCUT2D eigenvalue weighted by Gasteiger charge is 2.31. The number of imide groups is 1. The molecule has 114 valence electrons. The first kappa shape index (κ1) is 15.2. The molecule has 1 saturated heterocycles. The Bertz CT molecular complexity index is 520. The molecule has 21 heavy (non-hydrogen) atoms. The molecule has 1 atom stereocenters. The monoisotopic (exact) mass is 294 g/mol. The van der Waals surface area contributed by atoms with Crippen LogP contribution >= 0.6 is 0 Å². The largest absolute Gasteiger partial charge is 0.469 e. The Hall–Kier alpha value is -2.15. The number of carbonyl (C=O) groups excluding carboxylic acids is 3. The number of hydrogen-bond donors (Lipinski definition) is 2. The van der Waals surface area contributed by atoms with Gasteiger partial charge in [0.2, 0.25) is 17.7 Å². The minimum Gasteiger partial charge on any atom is -0.469 e. The molecule has 2 N–H and O–H groups in total. The van der Waals surface area contributed by atoms with Crippen molar-refractivity contribution in [3.8, 4) is 0 Å². The van der Waals surface area contributed by atoms with Gasteiger partial charge in [-0.2, -0.15) is 0 Å². The van der Waals surface area contributed by atoms with Gasteiger partial charge in [-0.1, -0.05) is 0 Å². The van der Waals surface area contributed by atoms with E-state index in [1.54, 1.807) is 19.1 Å². The lowest BCUT2D eigenvalue weighted by Crippen LogP contribution is -2.46. The summed E-state index contributed by atoms with van der Waals surface area (Å²) in [6.07, 6.45) is 2.07. The topological polar surface area (TPSA) is 99.9 Å². The zero-order chi connectivity index (χ0) is 15.5. The van der Waals surface area contributed by atoms with Crippen LogP contribution in [0.4, 0.5) is 0 Å². The van der Waals surface area contributed by atoms with E-state index in [9.17, 15) is 19.5 Å². The molecule has 0 saturated carbocycles. The average molecular weight is 294 g/mol. The fraction of sp³-hybridized carbons (Fsp3) is 0.500. The fourth-order valence-electron chi connectivity index (χ4n) is 2.14. The summed E-state index contributed by atoms with van der Waals surface area (Å²) >= 11 is 0. The van der Waals surface area contributed by atoms with E-state index in [2.05, 4.69) is 5.32 Å². The van der Waals surface area contributed by atoms with Crippen molar-refractivity contribution in [3.05, 3.63) is 24.2 Å². The lowest BCUT2D eigenvalue weighted by Gasteiger charge is -2.23. The highest BCUT2D eigenvalue weighted by molar-refractivity contribution is 6.04. The minimum absolute atomic E-state index is 0.00273. The van der Waals surface area contributed by atoms with Gasteiger partial charge in [0.05, 0.1) is 11.9 Å². The van der Waals surface area contributed by atoms with Crippen molar-refractivity contribution in [2.45, 2.75) is 31.8 Å². The molecule has 0 radical (unpaired) electrons. The van der Waals surface area contributed by atoms with Gasteiger partial charge in [-0.25, -0.2) is 0 Å². The number of rotatable bonds is 6. The van der Waals surface area contributed by atoms with Gasteiger partial charge in [0.25, 0.3) is 0 Å². The van der Waals surface area contributed by atoms with Crippen molar-refractivity contribution in [2.75, 3.05) is 13.1 Å². The first-order valence-corrected chi connectivity index (χ1v) is 6.72. The van der Waals surface area contributed by atoms with Crippen LogP contribution in [-0.2, 0) is 20.8 Å². The summed E-state index contributed by atoms with van der Waals surface area (Å²) in [5.41, 5.74) is -1.17. The smallest absolute Gasteiger partial charge is 0.240 e. The predicted molar refractivity (Wildman–Crippen MR) is 72.0 cm³/mol. The van der Waals surface area contributed by atoms with Crippen LogP contribution in [0.15, 0.2) is 22.8 Å². The van der Waals surface area contributed by atoms with Gasteiger partial charge in [-0.05, 0) is 19.1 Å². The number of aliphatic hydroxyl groups is 1. The first-order chi connectivity index (χ1) is 9.87. The van der Waals surface area contributed by atoms with E-state index in [0.717, 1.165) is 4.90 Å². The Morgan fingerprint density at radius 1 is 1.43 bits per heavy atom. The number of likely N-dealkylation sites (tertiary alicyclic amines) is 1. The first-order valence-electron chi connectivity index (χ1n) is 6.72. The van der Waals surface area contributed by atoms with Crippen molar-refractivity contribution in [3.63, 3.8) is 0 Å². The van der Waals surface area contributed by atoms with Gasteiger partial charge >= 0.3 is 0 Å². The summed E-state index contributed by atoms with van der Waals surface area (Å²) < 4.78 is 5.14. The average Bonchev–Trinajstić information content (AvgIpc) is 3.01. The van der Waals surface area contributed by atoms with Crippen molar-refractivity contribution < 1.29 is 23.9 Å². The van der Waals surface area contributed by atoms with Gasteiger partial charge in [-0.3, -0.25) is 19.3 Å². The molecule has 1 aliphatic rings. The lowest BCUT2D eigenvalue weighted by atomic mass is 10.0. The highest BCUT2D eigenvalue weighted by Crippen LogP contribution is 2.13. The van der Waals surface area contributed by atoms with Crippen LogP contribution in [-0.4, -0.2) is 46.4 Å². The molecule has 7 heteroatoms. The van der Waals surface area contributed by atoms with Gasteiger partial charge in [-0.15, -0.1) is 0 Å². The third kappa shape index (κ3) is 4.16. The van der Waals surface area contributed by atoms with Gasteiger partial charge < -0.3 is 14.8 Å². The molecule has 1 aliphatic heterocycles. The number of nitrogens with one attached hydrogen (secondary N) is 1. The van der Waals surface area contributed by atoms with Crippen molar-refractivity contribution in [1.82, 2.24) is 10.2 Å². The number of nitrogens with zero attached hydrogens (tertiary/aromatic N) is 1. The molecule has 2 rings (SSSR count). The second-order valence-electron chi connectivity index (χ2n) is 5.40. The van der Waals surface area contributed by atoms with Crippen molar-refractivity contribution in [1.29, 1.82) is 0 Å². The zero-order valence-corrected chi connectivity index (χ0v) is 11.8. The molecule has 0 aromatic carbocycles. The Morgan fingerprint density at radius 3 is 2.67 bits per heavy atom. The molecular weight excluding hydrogens is 276 g/mol. The van der Waals surface area contributed by atoms with E-state index < -0.39 is 11.5 Å². The maximum atomic E-state index is 11.7. The zero-order valence-electron chi connectivity index (χ0n) is 11.8. The summed E-state index contributed by atoms with van der Waals surface area (Å²) in [7, 11) is 0. The van der Waals surface area contributed by atoms with E-state index in [-0.39, 0.29) is 44.2 Å². The normalized spacial score (nSPS) is 17.9. The molecule has 0 aliphatic carbocycles. The molecular formula is C14H18N2O5. The summed E-state index contributed by atoms with van der Waals surface area (Å²) in [6, 6.07) is 3.45. The van der Waals surface area contributed by atoms with Crippen LogP contribution < -0.4 is 5.32 Å². The van der Waals surface area contributed by atoms with Crippen LogP contribution in [0.25, 0.3) is 0 Å². The molecule has 7 nitrogen and oxygen atoms in total. The van der Waals surface area contributed by atoms with Crippen LogP contribution in [0.1, 0.15) is 25.5 Å². The van der Waals surface area contributed by atoms with E-state index in [4.69, 9.17) is 4.42 Å². The summed E-state index contributed by atoms with van der Waals surface area (Å²) in [6.45, 7) is 1.28. The second kappa shape index (κ2) is 6.09. The Labute approximate surface area is 121 Å². The van der Waals surface area contributed by atoms with Gasteiger partial charge in [0.1, 0.15) is 12.3 Å². The van der Waals surface area contributed by atoms with E-state index in [0.29, 0.717) is 5.76 Å². The second-order valence-corrected chi connectivity index (χ2v) is 5.40. The summed E-state index contributed by atoms with van der Waals surface area (Å²) in [4.78, 5) is 35.5. The summed E-state index contributed by atoms with van der Waals surface area (Å²) in [5, 5.41) is 12.7. The SMILES string of the molecule is C[C@@](O)(CNC(=O)CN1C(=O)CCC1=O)Cc1ccco1. The quantitative estimate of drug-likeness (QED) is 0.710. The van der Waals surface area contributed by atoms with E-state index in [1.165, 1.54) is 6.26 Å². The molecule has 3 amide bonds. The lowest BCUT2D eigenvalue weighted by molar-refractivity contribution is -0.142. The van der Waals surface area contributed by atoms with Crippen LogP contribution in [0.3, 0.4) is 0 Å². The van der Waals surface area contributed by atoms with Crippen LogP contribution in [0.5, 0.6) is 0 Å². The number of amides is 3. The molecule has 1 aromatic heterocycles. The third-order valence-electron chi connectivity index (χ3n) is 3.26. The highest BCUT2D eigenvalue weighted by atomic mass is 16.3. The molecule has 0 spiro atoms. The Morgan fingerprint density at radius 2 is 2.10 bits per heavy atom. The minimum atomic E-state index is -1.17. The number of hydrogen-bond acceptors (Lipinski definition) is 5. The van der Waals surface area contributed by atoms with Crippen LogP contribution in [0.2, 0.25) is 0 Å². The molecule has 2 heterocycles.